The maximum absolute atomic E-state index is 12.7. The van der Waals surface area contributed by atoms with Crippen LogP contribution in [0.2, 0.25) is 5.02 Å². The molecule has 34 heavy (non-hydrogen) atoms. The fourth-order valence-electron chi connectivity index (χ4n) is 3.88. The van der Waals surface area contributed by atoms with Gasteiger partial charge in [0.25, 0.3) is 0 Å². The van der Waals surface area contributed by atoms with E-state index in [4.69, 9.17) is 16.3 Å². The molecule has 0 radical (unpaired) electrons. The number of urea groups is 1. The van der Waals surface area contributed by atoms with Crippen LogP contribution in [0.3, 0.4) is 0 Å². The van der Waals surface area contributed by atoms with Crippen molar-refractivity contribution in [1.82, 2.24) is 30.6 Å². The Morgan fingerprint density at radius 1 is 1.18 bits per heavy atom. The number of carbonyl (C=O) groups excluding carboxylic acids is 2. The van der Waals surface area contributed by atoms with Crippen LogP contribution < -0.4 is 20.7 Å². The number of rotatable bonds is 7. The average molecular weight is 485 g/mol. The molecule has 2 atom stereocenters. The molecule has 178 valence electrons. The first-order valence-electron chi connectivity index (χ1n) is 10.7. The van der Waals surface area contributed by atoms with Gasteiger partial charge in [-0.2, -0.15) is 10.3 Å². The van der Waals surface area contributed by atoms with Crippen molar-refractivity contribution in [3.05, 3.63) is 59.5 Å². The number of halogens is 1. The number of carbonyl (C=O) groups is 2. The summed E-state index contributed by atoms with van der Waals surface area (Å²) in [6, 6.07) is 10.1. The second kappa shape index (κ2) is 10.9. The van der Waals surface area contributed by atoms with Gasteiger partial charge in [0.2, 0.25) is 5.91 Å². The molecule has 1 aliphatic heterocycles. The number of benzene rings is 1. The zero-order valence-corrected chi connectivity index (χ0v) is 19.2. The molecule has 1 aliphatic rings. The minimum absolute atomic E-state index is 0.129. The van der Waals surface area contributed by atoms with Gasteiger partial charge in [-0.05, 0) is 42.8 Å². The van der Waals surface area contributed by atoms with E-state index in [1.807, 2.05) is 17.0 Å². The maximum Gasteiger partial charge on any atom is 0.319 e. The highest BCUT2D eigenvalue weighted by atomic mass is 35.5. The van der Waals surface area contributed by atoms with Gasteiger partial charge in [0.15, 0.2) is 5.82 Å². The van der Waals surface area contributed by atoms with E-state index in [1.54, 1.807) is 37.6 Å². The number of H-pyrrole nitrogens is 1. The van der Waals surface area contributed by atoms with Gasteiger partial charge in [-0.15, -0.1) is 5.10 Å². The van der Waals surface area contributed by atoms with E-state index in [2.05, 4.69) is 36.3 Å². The molecule has 0 spiro atoms. The molecule has 4 rings (SSSR count). The molecule has 0 bridgehead atoms. The Bertz CT molecular complexity index is 1090. The van der Waals surface area contributed by atoms with E-state index in [9.17, 15) is 9.59 Å². The molecule has 11 nitrogen and oxygen atoms in total. The zero-order chi connectivity index (χ0) is 23.9. The number of anilines is 2. The fourth-order valence-corrected chi connectivity index (χ4v) is 4.01. The van der Waals surface area contributed by atoms with Crippen LogP contribution in [-0.4, -0.2) is 70.0 Å². The van der Waals surface area contributed by atoms with Crippen LogP contribution in [-0.2, 0) is 4.79 Å². The molecule has 1 fully saturated rings. The Balaban J connectivity index is 1.43. The smallest absolute Gasteiger partial charge is 0.319 e. The topological polar surface area (TPSA) is 137 Å². The van der Waals surface area contributed by atoms with E-state index in [0.29, 0.717) is 41.8 Å². The van der Waals surface area contributed by atoms with E-state index >= 15 is 0 Å². The highest BCUT2D eigenvalue weighted by Gasteiger charge is 2.33. The number of ether oxygens (including phenoxy) is 1. The normalized spacial score (nSPS) is 18.2. The van der Waals surface area contributed by atoms with Crippen molar-refractivity contribution in [2.24, 2.45) is 0 Å². The van der Waals surface area contributed by atoms with Crippen LogP contribution in [0.15, 0.2) is 48.8 Å². The molecule has 3 amide bonds. The monoisotopic (exact) mass is 484 g/mol. The molecule has 0 saturated carbocycles. The predicted molar refractivity (Wildman–Crippen MR) is 127 cm³/mol. The maximum atomic E-state index is 12.7. The second-order valence-electron chi connectivity index (χ2n) is 7.87. The van der Waals surface area contributed by atoms with Crippen LogP contribution in [0.25, 0.3) is 0 Å². The number of nitrogens with zero attached hydrogens (tertiary/aromatic N) is 4. The molecule has 2 aromatic heterocycles. The van der Waals surface area contributed by atoms with Crippen LogP contribution >= 0.6 is 11.6 Å². The van der Waals surface area contributed by atoms with Crippen molar-refractivity contribution in [2.75, 3.05) is 37.4 Å². The average Bonchev–Trinajstić information content (AvgIpc) is 3.34. The summed E-state index contributed by atoms with van der Waals surface area (Å²) in [5.41, 5.74) is 1.45. The van der Waals surface area contributed by atoms with Gasteiger partial charge >= 0.3 is 6.03 Å². The van der Waals surface area contributed by atoms with Gasteiger partial charge in [-0.25, -0.2) is 4.79 Å². The number of likely N-dealkylation sites (tertiary alicyclic amines) is 1. The van der Waals surface area contributed by atoms with E-state index in [0.717, 1.165) is 5.69 Å². The van der Waals surface area contributed by atoms with Crippen molar-refractivity contribution >= 4 is 35.0 Å². The molecule has 3 aromatic rings. The number of aromatic nitrogens is 4. The Labute approximate surface area is 201 Å². The van der Waals surface area contributed by atoms with Crippen LogP contribution in [0.5, 0.6) is 5.75 Å². The van der Waals surface area contributed by atoms with E-state index in [-0.39, 0.29) is 30.4 Å². The zero-order valence-electron chi connectivity index (χ0n) is 18.5. The van der Waals surface area contributed by atoms with Gasteiger partial charge < -0.3 is 20.7 Å². The van der Waals surface area contributed by atoms with Gasteiger partial charge in [0, 0.05) is 41.5 Å². The number of amides is 3. The lowest BCUT2D eigenvalue weighted by Gasteiger charge is -2.38. The number of aromatic amines is 1. The Hall–Kier alpha value is -3.70. The summed E-state index contributed by atoms with van der Waals surface area (Å²) in [7, 11) is 1.58. The molecule has 0 aliphatic carbocycles. The van der Waals surface area contributed by atoms with Crippen LogP contribution in [0.1, 0.15) is 18.0 Å². The summed E-state index contributed by atoms with van der Waals surface area (Å²) in [6.07, 6.45) is 3.73. The first-order valence-corrected chi connectivity index (χ1v) is 11.1. The van der Waals surface area contributed by atoms with Crippen LogP contribution in [0.4, 0.5) is 16.3 Å². The first kappa shape index (κ1) is 23.5. The minimum Gasteiger partial charge on any atom is -0.495 e. The van der Waals surface area contributed by atoms with Crippen molar-refractivity contribution in [3.63, 3.8) is 0 Å². The SMILES string of the molecule is COc1ccc(C2CN(CC(=O)Nc3cn[nH]n3)CCC2NC(=O)Nc2ccc(Cl)cc2)nc1. The largest absolute Gasteiger partial charge is 0.495 e. The number of hydrogen-bond acceptors (Lipinski definition) is 7. The second-order valence-corrected chi connectivity index (χ2v) is 8.30. The van der Waals surface area contributed by atoms with Gasteiger partial charge in [0.1, 0.15) is 5.75 Å². The molecule has 4 N–H and O–H groups in total. The quantitative estimate of drug-likeness (QED) is 0.404. The lowest BCUT2D eigenvalue weighted by atomic mass is 9.88. The lowest BCUT2D eigenvalue weighted by Crippen LogP contribution is -2.52. The molecule has 1 saturated heterocycles. The summed E-state index contributed by atoms with van der Waals surface area (Å²) >= 11 is 5.92. The highest BCUT2D eigenvalue weighted by molar-refractivity contribution is 6.30. The Morgan fingerprint density at radius 3 is 2.68 bits per heavy atom. The number of hydrogen-bond donors (Lipinski definition) is 4. The van der Waals surface area contributed by atoms with Crippen molar-refractivity contribution < 1.29 is 14.3 Å². The van der Waals surface area contributed by atoms with E-state index in [1.165, 1.54) is 6.20 Å². The van der Waals surface area contributed by atoms with Crippen molar-refractivity contribution in [2.45, 2.75) is 18.4 Å². The van der Waals surface area contributed by atoms with E-state index < -0.39 is 0 Å². The standard InChI is InChI=1S/C22H25ClN8O3/c1-34-16-6-7-18(24-10-16)17-12-31(13-21(32)28-20-11-25-30-29-20)9-8-19(17)27-22(33)26-15-4-2-14(23)3-5-15/h2-7,10-11,17,19H,8-9,12-13H2,1H3,(H2,26,27,33)(H2,25,28,29,30,32). The number of pyridine rings is 1. The third-order valence-corrected chi connectivity index (χ3v) is 5.79. The number of piperidine rings is 1. The van der Waals surface area contributed by atoms with Gasteiger partial charge in [0.05, 0.1) is 26.0 Å². The third kappa shape index (κ3) is 6.21. The Kier molecular flexibility index (Phi) is 7.55. The summed E-state index contributed by atoms with van der Waals surface area (Å²) in [4.78, 5) is 31.7. The fraction of sp³-hybridized carbons (Fsp3) is 0.318. The molecular weight excluding hydrogens is 460 g/mol. The Morgan fingerprint density at radius 2 is 2.00 bits per heavy atom. The molecule has 3 heterocycles. The highest BCUT2D eigenvalue weighted by Crippen LogP contribution is 2.27. The molecule has 12 heteroatoms. The summed E-state index contributed by atoms with van der Waals surface area (Å²) < 4.78 is 5.22. The first-order chi connectivity index (χ1) is 16.5. The van der Waals surface area contributed by atoms with Gasteiger partial charge in [-0.3, -0.25) is 14.7 Å². The third-order valence-electron chi connectivity index (χ3n) is 5.54. The van der Waals surface area contributed by atoms with Gasteiger partial charge in [-0.1, -0.05) is 11.6 Å². The molecular formula is C22H25ClN8O3. The summed E-state index contributed by atoms with van der Waals surface area (Å²) in [5.74, 6) is 0.694. The predicted octanol–water partition coefficient (Wildman–Crippen LogP) is 2.48. The van der Waals surface area contributed by atoms with Crippen LogP contribution in [0, 0.1) is 0 Å². The summed E-state index contributed by atoms with van der Waals surface area (Å²) in [5, 5.41) is 19.2. The number of methoxy groups -OCH3 is 1. The molecule has 1 aromatic carbocycles. The van der Waals surface area contributed by atoms with Crippen molar-refractivity contribution in [3.8, 4) is 5.75 Å². The lowest BCUT2D eigenvalue weighted by molar-refractivity contribution is -0.117. The van der Waals surface area contributed by atoms with Crippen molar-refractivity contribution in [1.29, 1.82) is 0 Å². The minimum atomic E-state index is -0.317. The molecule has 2 unspecified atom stereocenters. The summed E-state index contributed by atoms with van der Waals surface area (Å²) in [6.45, 7) is 1.35. The number of nitrogens with one attached hydrogen (secondary N) is 4.